The fourth-order valence-electron chi connectivity index (χ4n) is 4.44. The quantitative estimate of drug-likeness (QED) is 0.420. The Kier molecular flexibility index (Phi) is 7.02. The van der Waals surface area contributed by atoms with E-state index in [9.17, 15) is 26.4 Å². The Labute approximate surface area is 201 Å². The van der Waals surface area contributed by atoms with E-state index in [1.54, 1.807) is 23.9 Å². The summed E-state index contributed by atoms with van der Waals surface area (Å²) in [5, 5.41) is 4.28. The van der Waals surface area contributed by atoms with Gasteiger partial charge in [-0.05, 0) is 67.1 Å². The van der Waals surface area contributed by atoms with Crippen molar-refractivity contribution in [3.8, 4) is 11.1 Å². The van der Waals surface area contributed by atoms with Crippen molar-refractivity contribution in [2.45, 2.75) is 49.7 Å². The van der Waals surface area contributed by atoms with Gasteiger partial charge in [-0.15, -0.1) is 0 Å². The Morgan fingerprint density at radius 2 is 1.89 bits per heavy atom. The van der Waals surface area contributed by atoms with E-state index in [1.807, 2.05) is 0 Å². The van der Waals surface area contributed by atoms with E-state index in [2.05, 4.69) is 5.10 Å². The third kappa shape index (κ3) is 5.58. The second-order valence-electron chi connectivity index (χ2n) is 8.48. The van der Waals surface area contributed by atoms with Crippen LogP contribution in [0.25, 0.3) is 11.1 Å². The fourth-order valence-corrected chi connectivity index (χ4v) is 6.06. The van der Waals surface area contributed by atoms with Crippen molar-refractivity contribution in [3.05, 3.63) is 71.5 Å². The normalized spacial score (nSPS) is 16.1. The number of carbonyl (C=O) groups is 1. The van der Waals surface area contributed by atoms with Gasteiger partial charge in [0.25, 0.3) is 0 Å². The van der Waals surface area contributed by atoms with Gasteiger partial charge < -0.3 is 4.74 Å². The molecule has 0 spiro atoms. The fraction of sp³-hybridized carbons (Fsp3) is 0.360. The van der Waals surface area contributed by atoms with Gasteiger partial charge in [0, 0.05) is 11.6 Å². The van der Waals surface area contributed by atoms with E-state index in [0.29, 0.717) is 24.0 Å². The molecule has 0 bridgehead atoms. The number of halogens is 3. The summed E-state index contributed by atoms with van der Waals surface area (Å²) >= 11 is 0. The summed E-state index contributed by atoms with van der Waals surface area (Å²) in [7, 11) is -3.66. The van der Waals surface area contributed by atoms with Crippen LogP contribution in [0, 0.1) is 0 Å². The third-order valence-corrected chi connectivity index (χ3v) is 7.96. The van der Waals surface area contributed by atoms with Crippen LogP contribution in [0.2, 0.25) is 0 Å². The van der Waals surface area contributed by atoms with E-state index in [0.717, 1.165) is 29.8 Å². The number of carbonyl (C=O) groups excluding carboxylic acids is 1. The van der Waals surface area contributed by atoms with Gasteiger partial charge in [0.1, 0.15) is 6.54 Å². The molecule has 1 atom stereocenters. The van der Waals surface area contributed by atoms with E-state index < -0.39 is 27.5 Å². The smallest absolute Gasteiger partial charge is 0.416 e. The number of sulfone groups is 1. The average Bonchev–Trinajstić information content (AvgIpc) is 3.22. The number of hydrogen-bond acceptors (Lipinski definition) is 5. The minimum atomic E-state index is -4.46. The lowest BCUT2D eigenvalue weighted by atomic mass is 9.88. The van der Waals surface area contributed by atoms with Gasteiger partial charge in [-0.3, -0.25) is 9.48 Å². The highest BCUT2D eigenvalue weighted by Gasteiger charge is 2.31. The molecule has 0 saturated heterocycles. The van der Waals surface area contributed by atoms with Gasteiger partial charge in [0.05, 0.1) is 29.0 Å². The monoisotopic (exact) mass is 506 g/mol. The Hall–Kier alpha value is -3.14. The van der Waals surface area contributed by atoms with E-state index >= 15 is 0 Å². The largest absolute Gasteiger partial charge is 0.465 e. The van der Waals surface area contributed by atoms with Crippen LogP contribution >= 0.6 is 0 Å². The SMILES string of the molecule is CCOC(=O)Cn1ncc2c1CCC[C@H]2CS(=O)(=O)c1ccc(-c2cccc(C(F)(F)F)c2)cc1. The summed E-state index contributed by atoms with van der Waals surface area (Å²) in [6.07, 6.45) is -0.667. The van der Waals surface area contributed by atoms with Crippen LogP contribution in [-0.4, -0.2) is 36.5 Å². The molecule has 0 radical (unpaired) electrons. The average molecular weight is 507 g/mol. The zero-order valence-electron chi connectivity index (χ0n) is 19.1. The first kappa shape index (κ1) is 25.0. The molecule has 2 aromatic carbocycles. The van der Waals surface area contributed by atoms with Crippen LogP contribution in [0.5, 0.6) is 0 Å². The summed E-state index contributed by atoms with van der Waals surface area (Å²) in [5.74, 6) is -0.773. The van der Waals surface area contributed by atoms with E-state index in [-0.39, 0.29) is 29.7 Å². The zero-order valence-corrected chi connectivity index (χ0v) is 19.9. The van der Waals surface area contributed by atoms with Crippen molar-refractivity contribution in [2.75, 3.05) is 12.4 Å². The van der Waals surface area contributed by atoms with Crippen molar-refractivity contribution in [2.24, 2.45) is 0 Å². The first-order chi connectivity index (χ1) is 16.6. The lowest BCUT2D eigenvalue weighted by Gasteiger charge is -2.23. The number of hydrogen-bond donors (Lipinski definition) is 0. The number of nitrogens with zero attached hydrogens (tertiary/aromatic N) is 2. The first-order valence-corrected chi connectivity index (χ1v) is 12.9. The lowest BCUT2D eigenvalue weighted by Crippen LogP contribution is -2.22. The summed E-state index contributed by atoms with van der Waals surface area (Å²) < 4.78 is 72.0. The molecule has 0 fully saturated rings. The van der Waals surface area contributed by atoms with Crippen LogP contribution < -0.4 is 0 Å². The number of benzene rings is 2. The molecule has 4 rings (SSSR count). The molecule has 0 saturated carbocycles. The summed E-state index contributed by atoms with van der Waals surface area (Å²) in [4.78, 5) is 12.0. The molecule has 186 valence electrons. The summed E-state index contributed by atoms with van der Waals surface area (Å²) in [6, 6.07) is 10.8. The molecular weight excluding hydrogens is 481 g/mol. The van der Waals surface area contributed by atoms with Crippen LogP contribution in [0.15, 0.2) is 59.6 Å². The molecule has 1 heterocycles. The highest BCUT2D eigenvalue weighted by Crippen LogP contribution is 2.35. The minimum absolute atomic E-state index is 0.0142. The molecule has 1 aliphatic carbocycles. The minimum Gasteiger partial charge on any atom is -0.465 e. The second-order valence-corrected chi connectivity index (χ2v) is 10.5. The predicted octanol–water partition coefficient (Wildman–Crippen LogP) is 5.03. The standard InChI is InChI=1S/C25H25F3N2O4S/c1-2-34-24(31)15-30-23-8-4-6-19(22(23)14-29-30)16-35(32,33)21-11-9-17(10-12-21)18-5-3-7-20(13-18)25(26,27)28/h3,5,7,9-14,19H,2,4,6,8,15-16H2,1H3/t19-/m0/s1. The number of aromatic nitrogens is 2. The van der Waals surface area contributed by atoms with Gasteiger partial charge >= 0.3 is 12.1 Å². The van der Waals surface area contributed by atoms with Crippen LogP contribution in [-0.2, 0) is 38.5 Å². The van der Waals surface area contributed by atoms with E-state index in [4.69, 9.17) is 4.74 Å². The maximum Gasteiger partial charge on any atom is 0.416 e. The topological polar surface area (TPSA) is 78.3 Å². The van der Waals surface area contributed by atoms with Crippen molar-refractivity contribution in [3.63, 3.8) is 0 Å². The van der Waals surface area contributed by atoms with Gasteiger partial charge in [0.15, 0.2) is 9.84 Å². The molecule has 3 aromatic rings. The molecule has 1 aliphatic rings. The van der Waals surface area contributed by atoms with Gasteiger partial charge in [-0.2, -0.15) is 18.3 Å². The molecule has 0 aliphatic heterocycles. The molecule has 0 unspecified atom stereocenters. The van der Waals surface area contributed by atoms with Gasteiger partial charge in [-0.1, -0.05) is 24.3 Å². The van der Waals surface area contributed by atoms with Gasteiger partial charge in [0.2, 0.25) is 0 Å². The Morgan fingerprint density at radius 1 is 1.14 bits per heavy atom. The van der Waals surface area contributed by atoms with Crippen molar-refractivity contribution >= 4 is 15.8 Å². The molecule has 0 N–H and O–H groups in total. The molecule has 1 aromatic heterocycles. The number of alkyl halides is 3. The van der Waals surface area contributed by atoms with Crippen LogP contribution in [0.4, 0.5) is 13.2 Å². The predicted molar refractivity (Wildman–Crippen MR) is 123 cm³/mol. The first-order valence-electron chi connectivity index (χ1n) is 11.3. The van der Waals surface area contributed by atoms with Crippen molar-refractivity contribution in [1.29, 1.82) is 0 Å². The van der Waals surface area contributed by atoms with Crippen molar-refractivity contribution < 1.29 is 31.1 Å². The van der Waals surface area contributed by atoms with Crippen LogP contribution in [0.1, 0.15) is 42.5 Å². The molecular formula is C25H25F3N2O4S. The number of ether oxygens (including phenoxy) is 1. The van der Waals surface area contributed by atoms with Crippen LogP contribution in [0.3, 0.4) is 0 Å². The van der Waals surface area contributed by atoms with Gasteiger partial charge in [-0.25, -0.2) is 8.42 Å². The Balaban J connectivity index is 1.52. The second kappa shape index (κ2) is 9.85. The lowest BCUT2D eigenvalue weighted by molar-refractivity contribution is -0.144. The van der Waals surface area contributed by atoms with Crippen molar-refractivity contribution in [1.82, 2.24) is 9.78 Å². The number of rotatable bonds is 7. The maximum atomic E-state index is 13.2. The zero-order chi connectivity index (χ0) is 25.2. The highest BCUT2D eigenvalue weighted by molar-refractivity contribution is 7.91. The third-order valence-electron chi connectivity index (χ3n) is 6.13. The molecule has 10 heteroatoms. The number of esters is 1. The summed E-state index contributed by atoms with van der Waals surface area (Å²) in [5.41, 5.74) is 1.77. The van der Waals surface area contributed by atoms with E-state index in [1.165, 1.54) is 30.3 Å². The highest BCUT2D eigenvalue weighted by atomic mass is 32.2. The molecule has 0 amide bonds. The maximum absolute atomic E-state index is 13.2. The number of fused-ring (bicyclic) bond motifs is 1. The molecule has 6 nitrogen and oxygen atoms in total. The Bertz CT molecular complexity index is 1320. The summed E-state index contributed by atoms with van der Waals surface area (Å²) in [6.45, 7) is 1.98. The molecule has 35 heavy (non-hydrogen) atoms. The Morgan fingerprint density at radius 3 is 2.57 bits per heavy atom.